The molecule has 25 heavy (non-hydrogen) atoms. The zero-order chi connectivity index (χ0) is 17.8. The molecule has 3 rings (SSSR count). The Kier molecular flexibility index (Phi) is 4.97. The maximum absolute atomic E-state index is 12.5. The second-order valence-electron chi connectivity index (χ2n) is 4.90. The van der Waals surface area contributed by atoms with Crippen molar-refractivity contribution >= 4 is 51.2 Å². The van der Waals surface area contributed by atoms with Gasteiger partial charge in [0.1, 0.15) is 10.6 Å². The summed E-state index contributed by atoms with van der Waals surface area (Å²) >= 11 is 7.56. The Morgan fingerprint density at radius 3 is 2.64 bits per heavy atom. The largest absolute Gasteiger partial charge is 0.422 e. The zero-order valence-electron chi connectivity index (χ0n) is 12.7. The standard InChI is InChI=1S/C17H12ClN3O3S/c18-14-11-6-2-4-8-13(11)25-15(14)16(22)24-12-7-3-1-5-10(12)9-20-21-17(19)23/h1-9H,(H3,19,21,23)/b20-9-. The van der Waals surface area contributed by atoms with Crippen LogP contribution < -0.4 is 15.9 Å². The Morgan fingerprint density at radius 1 is 1.16 bits per heavy atom. The van der Waals surface area contributed by atoms with E-state index in [1.807, 2.05) is 24.3 Å². The van der Waals surface area contributed by atoms with Gasteiger partial charge in [0.05, 0.1) is 11.2 Å². The van der Waals surface area contributed by atoms with E-state index < -0.39 is 12.0 Å². The number of hydrazone groups is 1. The van der Waals surface area contributed by atoms with Crippen molar-refractivity contribution in [2.24, 2.45) is 10.8 Å². The van der Waals surface area contributed by atoms with Crippen LogP contribution in [0.4, 0.5) is 4.79 Å². The summed E-state index contributed by atoms with van der Waals surface area (Å²) in [6.45, 7) is 0. The number of carbonyl (C=O) groups is 2. The lowest BCUT2D eigenvalue weighted by molar-refractivity contribution is 0.0740. The summed E-state index contributed by atoms with van der Waals surface area (Å²) in [5.74, 6) is -0.272. The van der Waals surface area contributed by atoms with Crippen molar-refractivity contribution in [3.8, 4) is 5.75 Å². The van der Waals surface area contributed by atoms with Gasteiger partial charge in [-0.3, -0.25) is 0 Å². The number of primary amides is 1. The van der Waals surface area contributed by atoms with Crippen molar-refractivity contribution in [2.45, 2.75) is 0 Å². The predicted octanol–water partition coefficient (Wildman–Crippen LogP) is 3.78. The summed E-state index contributed by atoms with van der Waals surface area (Å²) in [5.41, 5.74) is 7.53. The van der Waals surface area contributed by atoms with Crippen LogP contribution in [0.3, 0.4) is 0 Å². The SMILES string of the molecule is NC(=O)N/N=C\c1ccccc1OC(=O)c1sc2ccccc2c1Cl. The first-order valence-corrected chi connectivity index (χ1v) is 8.32. The van der Waals surface area contributed by atoms with Gasteiger partial charge in [-0.2, -0.15) is 5.10 Å². The fourth-order valence-electron chi connectivity index (χ4n) is 2.14. The highest BCUT2D eigenvalue weighted by Gasteiger charge is 2.19. The minimum absolute atomic E-state index is 0.288. The number of benzene rings is 2. The molecule has 0 atom stereocenters. The molecule has 0 radical (unpaired) electrons. The second kappa shape index (κ2) is 7.33. The quantitative estimate of drug-likeness (QED) is 0.315. The fraction of sp³-hybridized carbons (Fsp3) is 0. The Bertz CT molecular complexity index is 984. The Balaban J connectivity index is 1.86. The molecular formula is C17H12ClN3O3S. The minimum atomic E-state index is -0.789. The molecule has 0 unspecified atom stereocenters. The third kappa shape index (κ3) is 3.78. The van der Waals surface area contributed by atoms with Crippen LogP contribution in [0.5, 0.6) is 5.75 Å². The number of nitrogens with one attached hydrogen (secondary N) is 1. The van der Waals surface area contributed by atoms with E-state index in [9.17, 15) is 9.59 Å². The number of amides is 2. The van der Waals surface area contributed by atoms with Crippen LogP contribution in [0.1, 0.15) is 15.2 Å². The predicted molar refractivity (Wildman–Crippen MR) is 98.5 cm³/mol. The average Bonchev–Trinajstić information content (AvgIpc) is 2.93. The lowest BCUT2D eigenvalue weighted by Gasteiger charge is -2.06. The number of halogens is 1. The maximum Gasteiger partial charge on any atom is 0.355 e. The lowest BCUT2D eigenvalue weighted by atomic mass is 10.2. The number of ether oxygens (including phenoxy) is 1. The van der Waals surface area contributed by atoms with Gasteiger partial charge in [0.25, 0.3) is 0 Å². The van der Waals surface area contributed by atoms with E-state index >= 15 is 0 Å². The van der Waals surface area contributed by atoms with E-state index in [4.69, 9.17) is 22.1 Å². The normalized spacial score (nSPS) is 10.9. The van der Waals surface area contributed by atoms with Crippen molar-refractivity contribution < 1.29 is 14.3 Å². The molecule has 0 aliphatic heterocycles. The van der Waals surface area contributed by atoms with Crippen molar-refractivity contribution in [2.75, 3.05) is 0 Å². The molecule has 0 saturated heterocycles. The number of para-hydroxylation sites is 1. The number of carbonyl (C=O) groups excluding carboxylic acids is 2. The van der Waals surface area contributed by atoms with E-state index in [0.29, 0.717) is 15.5 Å². The number of hydrogen-bond donors (Lipinski definition) is 2. The Hall–Kier alpha value is -2.90. The maximum atomic E-state index is 12.5. The molecule has 0 spiro atoms. The van der Waals surface area contributed by atoms with Crippen LogP contribution in [0.2, 0.25) is 5.02 Å². The smallest absolute Gasteiger partial charge is 0.355 e. The minimum Gasteiger partial charge on any atom is -0.422 e. The summed E-state index contributed by atoms with van der Waals surface area (Å²) < 4.78 is 6.35. The molecule has 0 aliphatic carbocycles. The fourth-order valence-corrected chi connectivity index (χ4v) is 3.52. The van der Waals surface area contributed by atoms with Crippen molar-refractivity contribution in [3.05, 3.63) is 64.0 Å². The van der Waals surface area contributed by atoms with Crippen LogP contribution in [-0.4, -0.2) is 18.2 Å². The monoisotopic (exact) mass is 373 g/mol. The molecule has 0 bridgehead atoms. The molecule has 0 saturated carbocycles. The molecule has 2 aromatic carbocycles. The molecule has 1 aromatic heterocycles. The van der Waals surface area contributed by atoms with E-state index in [-0.39, 0.29) is 5.75 Å². The summed E-state index contributed by atoms with van der Waals surface area (Å²) in [4.78, 5) is 23.5. The van der Waals surface area contributed by atoms with Gasteiger partial charge in [-0.25, -0.2) is 15.0 Å². The van der Waals surface area contributed by atoms with Crippen molar-refractivity contribution in [1.82, 2.24) is 5.43 Å². The highest BCUT2D eigenvalue weighted by molar-refractivity contribution is 7.21. The molecule has 3 aromatic rings. The molecule has 0 fully saturated rings. The van der Waals surface area contributed by atoms with Crippen LogP contribution in [0, 0.1) is 0 Å². The topological polar surface area (TPSA) is 93.8 Å². The first-order valence-electron chi connectivity index (χ1n) is 7.13. The number of thiophene rings is 1. The molecule has 6 nitrogen and oxygen atoms in total. The number of fused-ring (bicyclic) bond motifs is 1. The number of urea groups is 1. The van der Waals surface area contributed by atoms with Crippen molar-refractivity contribution in [1.29, 1.82) is 0 Å². The molecule has 3 N–H and O–H groups in total. The van der Waals surface area contributed by atoms with E-state index in [1.165, 1.54) is 17.6 Å². The Labute approximate surface area is 151 Å². The molecular weight excluding hydrogens is 362 g/mol. The number of esters is 1. The molecule has 1 heterocycles. The van der Waals surface area contributed by atoms with Gasteiger partial charge in [0.2, 0.25) is 0 Å². The third-order valence-electron chi connectivity index (χ3n) is 3.22. The third-order valence-corrected chi connectivity index (χ3v) is 4.88. The molecule has 0 aliphatic rings. The summed E-state index contributed by atoms with van der Waals surface area (Å²) in [7, 11) is 0. The van der Waals surface area contributed by atoms with Crippen LogP contribution >= 0.6 is 22.9 Å². The highest BCUT2D eigenvalue weighted by Crippen LogP contribution is 2.35. The van der Waals surface area contributed by atoms with Crippen LogP contribution in [-0.2, 0) is 0 Å². The highest BCUT2D eigenvalue weighted by atomic mass is 35.5. The molecule has 2 amide bonds. The van der Waals surface area contributed by atoms with E-state index in [0.717, 1.165) is 10.1 Å². The van der Waals surface area contributed by atoms with E-state index in [1.54, 1.807) is 24.3 Å². The van der Waals surface area contributed by atoms with Gasteiger partial charge in [0, 0.05) is 15.6 Å². The summed E-state index contributed by atoms with van der Waals surface area (Å²) in [6.07, 6.45) is 1.33. The zero-order valence-corrected chi connectivity index (χ0v) is 14.3. The average molecular weight is 374 g/mol. The molecule has 8 heteroatoms. The summed E-state index contributed by atoms with van der Waals surface area (Å²) in [6, 6.07) is 13.4. The first-order chi connectivity index (χ1) is 12.1. The number of hydrogen-bond acceptors (Lipinski definition) is 5. The number of nitrogens with two attached hydrogens (primary N) is 1. The van der Waals surface area contributed by atoms with Crippen molar-refractivity contribution in [3.63, 3.8) is 0 Å². The van der Waals surface area contributed by atoms with Gasteiger partial charge in [-0.1, -0.05) is 41.9 Å². The van der Waals surface area contributed by atoms with Crippen LogP contribution in [0.25, 0.3) is 10.1 Å². The first kappa shape index (κ1) is 16.9. The summed E-state index contributed by atoms with van der Waals surface area (Å²) in [5, 5.41) is 4.84. The van der Waals surface area contributed by atoms with Gasteiger partial charge < -0.3 is 10.5 Å². The Morgan fingerprint density at radius 2 is 1.88 bits per heavy atom. The van der Waals surface area contributed by atoms with Gasteiger partial charge >= 0.3 is 12.0 Å². The number of nitrogens with zero attached hydrogens (tertiary/aromatic N) is 1. The molecule has 126 valence electrons. The van der Waals surface area contributed by atoms with Gasteiger partial charge in [-0.15, -0.1) is 11.3 Å². The van der Waals surface area contributed by atoms with Crippen LogP contribution in [0.15, 0.2) is 53.6 Å². The lowest BCUT2D eigenvalue weighted by Crippen LogP contribution is -2.24. The van der Waals surface area contributed by atoms with E-state index in [2.05, 4.69) is 10.5 Å². The second-order valence-corrected chi connectivity index (χ2v) is 6.33. The van der Waals surface area contributed by atoms with Gasteiger partial charge in [0.15, 0.2) is 0 Å². The number of rotatable bonds is 4. The van der Waals surface area contributed by atoms with Gasteiger partial charge in [-0.05, 0) is 18.2 Å².